The molecule has 4 heterocycles. The van der Waals surface area contributed by atoms with E-state index in [-0.39, 0.29) is 12.1 Å². The van der Waals surface area contributed by atoms with Gasteiger partial charge in [0.2, 0.25) is 0 Å². The molecule has 5 rings (SSSR count). The van der Waals surface area contributed by atoms with E-state index in [1.807, 2.05) is 16.9 Å². The van der Waals surface area contributed by atoms with Crippen LogP contribution in [0.15, 0.2) is 43.2 Å². The van der Waals surface area contributed by atoms with E-state index < -0.39 is 17.7 Å². The van der Waals surface area contributed by atoms with Crippen molar-refractivity contribution in [2.24, 2.45) is 5.92 Å². The van der Waals surface area contributed by atoms with Crippen LogP contribution >= 0.6 is 0 Å². The predicted octanol–water partition coefficient (Wildman–Crippen LogP) is 2.85. The molecule has 0 unspecified atom stereocenters. The molecule has 0 bridgehead atoms. The van der Waals surface area contributed by atoms with Crippen LogP contribution < -0.4 is 10.6 Å². The number of carbonyl (C=O) groups excluding carboxylic acids is 1. The summed E-state index contributed by atoms with van der Waals surface area (Å²) in [5, 5.41) is 33.4. The van der Waals surface area contributed by atoms with E-state index in [1.54, 1.807) is 24.7 Å². The fraction of sp³-hybridized carbons (Fsp3) is 0.360. The topological polar surface area (TPSA) is 146 Å². The maximum Gasteiger partial charge on any atom is 0.255 e. The van der Waals surface area contributed by atoms with Gasteiger partial charge in [-0.2, -0.15) is 15.5 Å². The molecule has 190 valence electrons. The minimum absolute atomic E-state index is 0.192. The molecular weight excluding hydrogens is 477 g/mol. The lowest BCUT2D eigenvalue weighted by Crippen LogP contribution is -2.42. The van der Waals surface area contributed by atoms with E-state index in [1.165, 1.54) is 43.6 Å². The zero-order valence-electron chi connectivity index (χ0n) is 20.4. The third-order valence-corrected chi connectivity index (χ3v) is 6.17. The van der Waals surface area contributed by atoms with Crippen molar-refractivity contribution in [3.05, 3.63) is 54.4 Å². The van der Waals surface area contributed by atoms with Gasteiger partial charge in [-0.05, 0) is 38.7 Å². The molecule has 0 aliphatic heterocycles. The number of aromatic nitrogens is 6. The van der Waals surface area contributed by atoms with E-state index in [9.17, 15) is 14.3 Å². The summed E-state index contributed by atoms with van der Waals surface area (Å²) in [4.78, 5) is 21.8. The fourth-order valence-corrected chi connectivity index (χ4v) is 3.78. The number of pyridine rings is 1. The first-order valence-electron chi connectivity index (χ1n) is 11.9. The molecule has 1 aliphatic rings. The Morgan fingerprint density at radius 2 is 2.05 bits per heavy atom. The second-order valence-electron chi connectivity index (χ2n) is 9.75. The van der Waals surface area contributed by atoms with E-state index in [0.717, 1.165) is 6.54 Å². The Bertz CT molecular complexity index is 1490. The van der Waals surface area contributed by atoms with Crippen molar-refractivity contribution in [2.75, 3.05) is 11.9 Å². The minimum atomic E-state index is -1.65. The Balaban J connectivity index is 1.47. The normalized spacial score (nSPS) is 14.4. The third kappa shape index (κ3) is 5.41. The summed E-state index contributed by atoms with van der Waals surface area (Å²) in [7, 11) is 0. The molecule has 4 aromatic rings. The molecule has 1 aliphatic carbocycles. The van der Waals surface area contributed by atoms with Crippen LogP contribution in [0.25, 0.3) is 16.9 Å². The number of anilines is 2. The summed E-state index contributed by atoms with van der Waals surface area (Å²) < 4.78 is 17.6. The van der Waals surface area contributed by atoms with Gasteiger partial charge in [0.05, 0.1) is 64.5 Å². The summed E-state index contributed by atoms with van der Waals surface area (Å²) in [5.41, 5.74) is 1.68. The molecule has 3 N–H and O–H groups in total. The maximum absolute atomic E-state index is 14.3. The number of amides is 1. The molecule has 1 amide bonds. The van der Waals surface area contributed by atoms with Crippen molar-refractivity contribution < 1.29 is 14.3 Å². The highest BCUT2D eigenvalue weighted by molar-refractivity contribution is 6.00. The molecule has 1 atom stereocenters. The van der Waals surface area contributed by atoms with Gasteiger partial charge in [0.25, 0.3) is 5.91 Å². The Morgan fingerprint density at radius 3 is 2.78 bits per heavy atom. The molecule has 0 spiro atoms. The molecule has 0 saturated heterocycles. The Morgan fingerprint density at radius 1 is 1.24 bits per heavy atom. The SMILES string of the molecule is CC(C)(O)[C@H](F)CNC(=O)c1cnc(-c2cnn3cc(C#N)cnc23)cc1Nc1cnn(CC2CC2)c1. The number of aliphatic hydroxyl groups is 1. The molecule has 0 aromatic carbocycles. The monoisotopic (exact) mass is 503 g/mol. The second-order valence-corrected chi connectivity index (χ2v) is 9.75. The van der Waals surface area contributed by atoms with Gasteiger partial charge in [-0.1, -0.05) is 0 Å². The van der Waals surface area contributed by atoms with Crippen LogP contribution in [-0.2, 0) is 6.54 Å². The first kappa shape index (κ1) is 24.3. The van der Waals surface area contributed by atoms with Crippen LogP contribution in [0.5, 0.6) is 0 Å². The Hall–Kier alpha value is -4.37. The van der Waals surface area contributed by atoms with Gasteiger partial charge in [-0.15, -0.1) is 0 Å². The van der Waals surface area contributed by atoms with Gasteiger partial charge in [0, 0.05) is 25.1 Å². The lowest BCUT2D eigenvalue weighted by atomic mass is 10.0. The average molecular weight is 504 g/mol. The summed E-state index contributed by atoms with van der Waals surface area (Å²) in [6, 6.07) is 3.71. The number of rotatable bonds is 9. The summed E-state index contributed by atoms with van der Waals surface area (Å²) in [6.07, 6.45) is 10.3. The predicted molar refractivity (Wildman–Crippen MR) is 133 cm³/mol. The van der Waals surface area contributed by atoms with Crippen LogP contribution in [0.1, 0.15) is 42.6 Å². The molecule has 11 nitrogen and oxygen atoms in total. The van der Waals surface area contributed by atoms with Gasteiger partial charge >= 0.3 is 0 Å². The molecule has 4 aromatic heterocycles. The van der Waals surface area contributed by atoms with E-state index in [0.29, 0.717) is 39.8 Å². The molecule has 0 radical (unpaired) electrons. The average Bonchev–Trinajstić information content (AvgIpc) is 3.41. The molecule has 12 heteroatoms. The van der Waals surface area contributed by atoms with Crippen molar-refractivity contribution in [3.63, 3.8) is 0 Å². The highest BCUT2D eigenvalue weighted by atomic mass is 19.1. The van der Waals surface area contributed by atoms with Crippen molar-refractivity contribution in [2.45, 2.75) is 45.0 Å². The van der Waals surface area contributed by atoms with Crippen LogP contribution in [-0.4, -0.2) is 58.7 Å². The standard InChI is InChI=1S/C25H26FN9O2/c1-25(2,37)22(26)11-30-24(36)19-9-28-20(18-10-32-35-13-16(6-27)7-29-23(18)35)5-21(19)33-17-8-31-34(14-17)12-15-3-4-15/h5,7-10,13-15,22,37H,3-4,11-12H2,1-2H3,(H,28,33)(H,30,36)/t22-/m1/s1. The van der Waals surface area contributed by atoms with Gasteiger partial charge in [-0.25, -0.2) is 13.9 Å². The zero-order chi connectivity index (χ0) is 26.2. The smallest absolute Gasteiger partial charge is 0.255 e. The quantitative estimate of drug-likeness (QED) is 0.316. The summed E-state index contributed by atoms with van der Waals surface area (Å²) >= 11 is 0. The second kappa shape index (κ2) is 9.59. The fourth-order valence-electron chi connectivity index (χ4n) is 3.78. The van der Waals surface area contributed by atoms with E-state index >= 15 is 0 Å². The lowest BCUT2D eigenvalue weighted by molar-refractivity contribution is -0.00177. The van der Waals surface area contributed by atoms with E-state index in [4.69, 9.17) is 5.26 Å². The van der Waals surface area contributed by atoms with Crippen molar-refractivity contribution in [1.29, 1.82) is 5.26 Å². The van der Waals surface area contributed by atoms with Gasteiger partial charge < -0.3 is 15.7 Å². The number of alkyl halides is 1. The number of carbonyl (C=O) groups is 1. The first-order valence-corrected chi connectivity index (χ1v) is 11.9. The maximum atomic E-state index is 14.3. The number of hydrogen-bond acceptors (Lipinski definition) is 8. The summed E-state index contributed by atoms with van der Waals surface area (Å²) in [6.45, 7) is 3.17. The molecule has 1 saturated carbocycles. The lowest BCUT2D eigenvalue weighted by Gasteiger charge is -2.22. The zero-order valence-corrected chi connectivity index (χ0v) is 20.4. The highest BCUT2D eigenvalue weighted by Crippen LogP contribution is 2.31. The number of nitrogens with zero attached hydrogens (tertiary/aromatic N) is 7. The molecule has 1 fully saturated rings. The molecule has 37 heavy (non-hydrogen) atoms. The van der Waals surface area contributed by atoms with Crippen LogP contribution in [0.3, 0.4) is 0 Å². The van der Waals surface area contributed by atoms with Gasteiger partial charge in [0.1, 0.15) is 12.2 Å². The number of nitriles is 1. The van der Waals surface area contributed by atoms with Crippen LogP contribution in [0.2, 0.25) is 0 Å². The Labute approximate surface area is 212 Å². The number of halogens is 1. The van der Waals surface area contributed by atoms with Crippen LogP contribution in [0, 0.1) is 17.2 Å². The molecular formula is C25H26FN9O2. The minimum Gasteiger partial charge on any atom is -0.387 e. The van der Waals surface area contributed by atoms with Crippen LogP contribution in [0.4, 0.5) is 15.8 Å². The summed E-state index contributed by atoms with van der Waals surface area (Å²) in [5.74, 6) is 0.103. The highest BCUT2D eigenvalue weighted by Gasteiger charge is 2.27. The largest absolute Gasteiger partial charge is 0.387 e. The van der Waals surface area contributed by atoms with Gasteiger partial charge in [0.15, 0.2) is 5.65 Å². The first-order chi connectivity index (χ1) is 17.7. The third-order valence-electron chi connectivity index (χ3n) is 6.17. The number of fused-ring (bicyclic) bond motifs is 1. The van der Waals surface area contributed by atoms with Crippen molar-refractivity contribution in [3.8, 4) is 17.3 Å². The number of nitrogens with one attached hydrogen (secondary N) is 2. The van der Waals surface area contributed by atoms with Crippen molar-refractivity contribution >= 4 is 22.9 Å². The Kier molecular flexibility index (Phi) is 6.31. The van der Waals surface area contributed by atoms with E-state index in [2.05, 4.69) is 30.8 Å². The van der Waals surface area contributed by atoms with Gasteiger partial charge in [-0.3, -0.25) is 14.5 Å². The van der Waals surface area contributed by atoms with Crippen molar-refractivity contribution in [1.82, 2.24) is 34.7 Å². The number of hydrogen-bond donors (Lipinski definition) is 3.